The van der Waals surface area contributed by atoms with Crippen molar-refractivity contribution in [3.05, 3.63) is 26.1 Å². The Morgan fingerprint density at radius 3 is 2.39 bits per heavy atom. The molecule has 1 N–H and O–H groups in total. The maximum Gasteiger partial charge on any atom is 0.357 e. The molecule has 6 nitrogen and oxygen atoms in total. The fourth-order valence-corrected chi connectivity index (χ4v) is 4.04. The lowest BCUT2D eigenvalue weighted by molar-refractivity contribution is 0.0593. The van der Waals surface area contributed by atoms with Crippen LogP contribution >= 0.6 is 22.7 Å². The minimum atomic E-state index is -0.488. The lowest BCUT2D eigenvalue weighted by atomic mass is 10.1. The van der Waals surface area contributed by atoms with E-state index in [0.717, 1.165) is 14.8 Å². The Labute approximate surface area is 142 Å². The molecule has 0 spiro atoms. The fourth-order valence-electron chi connectivity index (χ4n) is 2.07. The van der Waals surface area contributed by atoms with Crippen LogP contribution in [0.2, 0.25) is 0 Å². The normalized spacial score (nSPS) is 10.9. The number of hydrogen-bond donors (Lipinski definition) is 1. The van der Waals surface area contributed by atoms with Gasteiger partial charge in [0.1, 0.15) is 5.69 Å². The molecule has 2 aromatic heterocycles. The van der Waals surface area contributed by atoms with Crippen molar-refractivity contribution in [1.82, 2.24) is 9.97 Å². The second-order valence-electron chi connectivity index (χ2n) is 5.47. The molecule has 0 bridgehead atoms. The highest BCUT2D eigenvalue weighted by molar-refractivity contribution is 7.16. The van der Waals surface area contributed by atoms with Crippen molar-refractivity contribution in [2.24, 2.45) is 5.92 Å². The number of nitrogens with one attached hydrogen (secondary N) is 1. The van der Waals surface area contributed by atoms with E-state index >= 15 is 0 Å². The maximum absolute atomic E-state index is 12.3. The first kappa shape index (κ1) is 17.6. The van der Waals surface area contributed by atoms with E-state index in [0.29, 0.717) is 23.2 Å². The number of thiazole rings is 2. The molecule has 8 heteroatoms. The molecule has 0 aliphatic heterocycles. The molecule has 1 amide bonds. The lowest BCUT2D eigenvalue weighted by Crippen LogP contribution is -2.13. The quantitative estimate of drug-likeness (QED) is 0.833. The second kappa shape index (κ2) is 7.18. The molecule has 0 aromatic carbocycles. The van der Waals surface area contributed by atoms with Gasteiger partial charge in [-0.1, -0.05) is 13.8 Å². The average molecular weight is 353 g/mol. The molecule has 2 aromatic rings. The van der Waals surface area contributed by atoms with E-state index in [-0.39, 0.29) is 11.6 Å². The van der Waals surface area contributed by atoms with Crippen LogP contribution in [-0.4, -0.2) is 29.0 Å². The summed E-state index contributed by atoms with van der Waals surface area (Å²) in [5.41, 5.74) is 0.667. The highest BCUT2D eigenvalue weighted by Gasteiger charge is 2.22. The van der Waals surface area contributed by atoms with Crippen LogP contribution < -0.4 is 5.32 Å². The number of methoxy groups -OCH3 is 1. The van der Waals surface area contributed by atoms with Crippen LogP contribution in [0.1, 0.15) is 49.6 Å². The van der Waals surface area contributed by atoms with Crippen LogP contribution in [0.25, 0.3) is 0 Å². The van der Waals surface area contributed by atoms with E-state index < -0.39 is 5.97 Å². The summed E-state index contributed by atoms with van der Waals surface area (Å²) in [6, 6.07) is 0. The van der Waals surface area contributed by atoms with Crippen LogP contribution in [0, 0.1) is 19.8 Å². The summed E-state index contributed by atoms with van der Waals surface area (Å²) in [5.74, 6) is -0.433. The van der Waals surface area contributed by atoms with Gasteiger partial charge in [0.25, 0.3) is 5.91 Å². The summed E-state index contributed by atoms with van der Waals surface area (Å²) in [5, 5.41) is 3.95. The van der Waals surface area contributed by atoms with Crippen molar-refractivity contribution in [1.29, 1.82) is 0 Å². The Morgan fingerprint density at radius 2 is 1.87 bits per heavy atom. The van der Waals surface area contributed by atoms with E-state index in [4.69, 9.17) is 4.74 Å². The summed E-state index contributed by atoms with van der Waals surface area (Å²) in [4.78, 5) is 34.3. The van der Waals surface area contributed by atoms with Crippen molar-refractivity contribution >= 4 is 39.7 Å². The van der Waals surface area contributed by atoms with Gasteiger partial charge in [-0.15, -0.1) is 22.7 Å². The summed E-state index contributed by atoms with van der Waals surface area (Å²) in [6.45, 7) is 7.82. The second-order valence-corrected chi connectivity index (χ2v) is 7.96. The maximum atomic E-state index is 12.3. The minimum Gasteiger partial charge on any atom is -0.464 e. The first-order valence-corrected chi connectivity index (χ1v) is 8.78. The zero-order valence-corrected chi connectivity index (χ0v) is 15.4. The zero-order valence-electron chi connectivity index (χ0n) is 13.7. The van der Waals surface area contributed by atoms with E-state index in [1.165, 1.54) is 29.8 Å². The number of hydrogen-bond acceptors (Lipinski definition) is 7. The molecule has 0 saturated heterocycles. The predicted octanol–water partition coefficient (Wildman–Crippen LogP) is 3.45. The van der Waals surface area contributed by atoms with Gasteiger partial charge >= 0.3 is 5.97 Å². The van der Waals surface area contributed by atoms with E-state index in [2.05, 4.69) is 29.1 Å². The molecule has 0 aliphatic carbocycles. The van der Waals surface area contributed by atoms with Crippen molar-refractivity contribution in [2.75, 3.05) is 12.4 Å². The number of anilines is 1. The molecule has 0 fully saturated rings. The van der Waals surface area contributed by atoms with Crippen molar-refractivity contribution in [3.63, 3.8) is 0 Å². The number of aromatic nitrogens is 2. The van der Waals surface area contributed by atoms with E-state index in [1.54, 1.807) is 0 Å². The molecule has 124 valence electrons. The highest BCUT2D eigenvalue weighted by Crippen LogP contribution is 2.27. The van der Waals surface area contributed by atoms with Gasteiger partial charge in [-0.2, -0.15) is 0 Å². The molecule has 0 saturated carbocycles. The standard InChI is InChI=1S/C15H19N3O3S2/c1-7(2)6-10-12(14(20)21-5)17-15(23-10)18-13(19)11-8(3)22-9(4)16-11/h7H,6H2,1-5H3,(H,17,18,19). The summed E-state index contributed by atoms with van der Waals surface area (Å²) < 4.78 is 4.77. The number of esters is 1. The first-order valence-electron chi connectivity index (χ1n) is 7.15. The molecule has 0 aliphatic rings. The number of carbonyl (C=O) groups is 2. The average Bonchev–Trinajstić information content (AvgIpc) is 3.00. The monoisotopic (exact) mass is 353 g/mol. The van der Waals surface area contributed by atoms with Gasteiger partial charge in [0.2, 0.25) is 0 Å². The smallest absolute Gasteiger partial charge is 0.357 e. The highest BCUT2D eigenvalue weighted by atomic mass is 32.1. The first-order chi connectivity index (χ1) is 10.8. The molecular formula is C15H19N3O3S2. The number of rotatable bonds is 5. The number of aryl methyl sites for hydroxylation is 2. The largest absolute Gasteiger partial charge is 0.464 e. The summed E-state index contributed by atoms with van der Waals surface area (Å²) >= 11 is 2.77. The Kier molecular flexibility index (Phi) is 5.48. The fraction of sp³-hybridized carbons (Fsp3) is 0.467. The number of carbonyl (C=O) groups excluding carboxylic acids is 2. The topological polar surface area (TPSA) is 81.2 Å². The third-order valence-corrected chi connectivity index (χ3v) is 4.89. The van der Waals surface area contributed by atoms with Gasteiger partial charge in [-0.05, 0) is 26.2 Å². The van der Waals surface area contributed by atoms with Crippen molar-refractivity contribution in [2.45, 2.75) is 34.1 Å². The molecular weight excluding hydrogens is 334 g/mol. The van der Waals surface area contributed by atoms with Crippen LogP contribution in [0.15, 0.2) is 0 Å². The van der Waals surface area contributed by atoms with Gasteiger partial charge in [-0.3, -0.25) is 10.1 Å². The van der Waals surface area contributed by atoms with Crippen molar-refractivity contribution in [3.8, 4) is 0 Å². The number of ether oxygens (including phenoxy) is 1. The molecule has 0 unspecified atom stereocenters. The number of amides is 1. The predicted molar refractivity (Wildman–Crippen MR) is 91.5 cm³/mol. The van der Waals surface area contributed by atoms with Crippen LogP contribution in [0.3, 0.4) is 0 Å². The Bertz CT molecular complexity index is 734. The zero-order chi connectivity index (χ0) is 17.1. The lowest BCUT2D eigenvalue weighted by Gasteiger charge is -2.02. The van der Waals surface area contributed by atoms with Crippen LogP contribution in [-0.2, 0) is 11.2 Å². The van der Waals surface area contributed by atoms with Gasteiger partial charge in [0.15, 0.2) is 10.8 Å². The molecule has 2 heterocycles. The Balaban J connectivity index is 2.26. The third-order valence-electron chi connectivity index (χ3n) is 3.01. The molecule has 2 rings (SSSR count). The number of nitrogens with zero attached hydrogens (tertiary/aromatic N) is 2. The minimum absolute atomic E-state index is 0.271. The van der Waals surface area contributed by atoms with Gasteiger partial charge < -0.3 is 4.74 Å². The Morgan fingerprint density at radius 1 is 1.17 bits per heavy atom. The van der Waals surface area contributed by atoms with E-state index in [9.17, 15) is 9.59 Å². The summed E-state index contributed by atoms with van der Waals surface area (Å²) in [7, 11) is 1.32. The molecule has 0 atom stereocenters. The molecule has 23 heavy (non-hydrogen) atoms. The van der Waals surface area contributed by atoms with Gasteiger partial charge in [-0.25, -0.2) is 14.8 Å². The molecule has 0 radical (unpaired) electrons. The Hall–Kier alpha value is -1.80. The van der Waals surface area contributed by atoms with Crippen molar-refractivity contribution < 1.29 is 14.3 Å². The van der Waals surface area contributed by atoms with Gasteiger partial charge in [0.05, 0.1) is 12.1 Å². The van der Waals surface area contributed by atoms with Crippen LogP contribution in [0.4, 0.5) is 5.13 Å². The SMILES string of the molecule is COC(=O)c1nc(NC(=O)c2nc(C)sc2C)sc1CC(C)C. The van der Waals surface area contributed by atoms with Gasteiger partial charge in [0, 0.05) is 9.75 Å². The van der Waals surface area contributed by atoms with E-state index in [1.807, 2.05) is 13.8 Å². The summed E-state index contributed by atoms with van der Waals surface area (Å²) in [6.07, 6.45) is 0.701. The third kappa shape index (κ3) is 4.14. The van der Waals surface area contributed by atoms with Crippen LogP contribution in [0.5, 0.6) is 0 Å².